The smallest absolute Gasteiger partial charge is 0.156 e. The van der Waals surface area contributed by atoms with E-state index < -0.39 is 24.2 Å². The van der Waals surface area contributed by atoms with E-state index in [1.54, 1.807) is 12.1 Å². The molecule has 0 radical (unpaired) electrons. The highest BCUT2D eigenvalue weighted by atomic mass is 35.5. The van der Waals surface area contributed by atoms with Crippen LogP contribution in [-0.4, -0.2) is 53.2 Å². The lowest BCUT2D eigenvalue weighted by atomic mass is 9.78. The SMILES string of the molecule is CC(C)(c1ccc(OC[C@H](O)CCl)cc1)c1cc(Cl)c(OC[C@@H](O)CO)c(Cl)c1. The molecule has 0 spiro atoms. The molecule has 2 atom stereocenters. The van der Waals surface area contributed by atoms with Crippen molar-refractivity contribution in [2.45, 2.75) is 31.5 Å². The summed E-state index contributed by atoms with van der Waals surface area (Å²) in [6.07, 6.45) is -1.72. The van der Waals surface area contributed by atoms with E-state index in [0.717, 1.165) is 11.1 Å². The van der Waals surface area contributed by atoms with Crippen LogP contribution in [0.3, 0.4) is 0 Å². The highest BCUT2D eigenvalue weighted by molar-refractivity contribution is 6.37. The van der Waals surface area contributed by atoms with Gasteiger partial charge in [-0.1, -0.05) is 49.2 Å². The number of benzene rings is 2. The van der Waals surface area contributed by atoms with Gasteiger partial charge in [0, 0.05) is 5.41 Å². The first kappa shape index (κ1) is 24.1. The maximum atomic E-state index is 9.49. The van der Waals surface area contributed by atoms with Gasteiger partial charge in [-0.15, -0.1) is 11.6 Å². The molecule has 0 saturated heterocycles. The lowest BCUT2D eigenvalue weighted by Crippen LogP contribution is -2.22. The predicted octanol–water partition coefficient (Wildman–Crippen LogP) is 4.03. The second-order valence-corrected chi connectivity index (χ2v) is 8.31. The van der Waals surface area contributed by atoms with E-state index in [2.05, 4.69) is 0 Å². The summed E-state index contributed by atoms with van der Waals surface area (Å²) in [5, 5.41) is 28.5. The molecule has 0 bridgehead atoms. The van der Waals surface area contributed by atoms with Crippen LogP contribution in [-0.2, 0) is 5.41 Å². The molecule has 3 N–H and O–H groups in total. The molecule has 0 amide bonds. The summed E-state index contributed by atoms with van der Waals surface area (Å²) in [6.45, 7) is 3.68. The van der Waals surface area contributed by atoms with E-state index >= 15 is 0 Å². The molecule has 0 unspecified atom stereocenters. The van der Waals surface area contributed by atoms with Crippen LogP contribution in [0.5, 0.6) is 11.5 Å². The fourth-order valence-corrected chi connectivity index (χ4v) is 3.35. The average Bonchev–Trinajstić information content (AvgIpc) is 2.71. The van der Waals surface area contributed by atoms with Crippen LogP contribution in [0.15, 0.2) is 36.4 Å². The van der Waals surface area contributed by atoms with Crippen molar-refractivity contribution in [3.63, 3.8) is 0 Å². The van der Waals surface area contributed by atoms with Crippen molar-refractivity contribution in [3.8, 4) is 11.5 Å². The first-order chi connectivity index (χ1) is 13.7. The van der Waals surface area contributed by atoms with Gasteiger partial charge in [-0.2, -0.15) is 0 Å². The Hall–Kier alpha value is -1.21. The van der Waals surface area contributed by atoms with Gasteiger partial charge in [-0.05, 0) is 35.4 Å². The zero-order valence-electron chi connectivity index (χ0n) is 16.2. The van der Waals surface area contributed by atoms with Gasteiger partial charge in [0.05, 0.1) is 22.5 Å². The van der Waals surface area contributed by atoms with Gasteiger partial charge in [-0.3, -0.25) is 0 Å². The number of halogens is 3. The van der Waals surface area contributed by atoms with Gasteiger partial charge in [0.15, 0.2) is 5.75 Å². The third-order valence-corrected chi connectivity index (χ3v) is 5.47. The second kappa shape index (κ2) is 10.7. The minimum Gasteiger partial charge on any atom is -0.491 e. The maximum absolute atomic E-state index is 9.49. The van der Waals surface area contributed by atoms with Gasteiger partial charge < -0.3 is 24.8 Å². The van der Waals surface area contributed by atoms with E-state index in [1.807, 2.05) is 38.1 Å². The number of aliphatic hydroxyl groups is 3. The first-order valence-corrected chi connectivity index (χ1v) is 10.4. The first-order valence-electron chi connectivity index (χ1n) is 9.07. The van der Waals surface area contributed by atoms with E-state index in [4.69, 9.17) is 49.4 Å². The lowest BCUT2D eigenvalue weighted by Gasteiger charge is -2.27. The van der Waals surface area contributed by atoms with E-state index in [0.29, 0.717) is 15.8 Å². The monoisotopic (exact) mass is 462 g/mol. The van der Waals surface area contributed by atoms with E-state index in [1.165, 1.54) is 0 Å². The highest BCUT2D eigenvalue weighted by Gasteiger charge is 2.26. The fraction of sp³-hybridized carbons (Fsp3) is 0.429. The lowest BCUT2D eigenvalue weighted by molar-refractivity contribution is 0.0536. The van der Waals surface area contributed by atoms with Crippen LogP contribution in [0.2, 0.25) is 10.0 Å². The Morgan fingerprint density at radius 2 is 1.45 bits per heavy atom. The van der Waals surface area contributed by atoms with Crippen molar-refractivity contribution >= 4 is 34.8 Å². The van der Waals surface area contributed by atoms with Crippen LogP contribution < -0.4 is 9.47 Å². The summed E-state index contributed by atoms with van der Waals surface area (Å²) >= 11 is 18.3. The zero-order valence-corrected chi connectivity index (χ0v) is 18.5. The van der Waals surface area contributed by atoms with Gasteiger partial charge in [0.1, 0.15) is 31.2 Å². The standard InChI is InChI=1S/C21H25Cl3O5/c1-21(2,13-3-5-17(6-4-13)28-11-15(26)9-22)14-7-18(23)20(19(24)8-14)29-12-16(27)10-25/h3-8,15-16,25-27H,9-12H2,1-2H3/t15-,16+/m1/s1. The Kier molecular flexibility index (Phi) is 8.89. The maximum Gasteiger partial charge on any atom is 0.156 e. The molecule has 0 fully saturated rings. The molecule has 0 aliphatic carbocycles. The molecule has 0 aliphatic rings. The van der Waals surface area contributed by atoms with E-state index in [9.17, 15) is 10.2 Å². The molecular formula is C21H25Cl3O5. The number of hydrogen-bond donors (Lipinski definition) is 3. The Morgan fingerprint density at radius 3 is 1.97 bits per heavy atom. The Bertz CT molecular complexity index is 772. The normalized spacial score (nSPS) is 13.8. The van der Waals surface area contributed by atoms with Crippen molar-refractivity contribution in [2.75, 3.05) is 25.7 Å². The van der Waals surface area contributed by atoms with Gasteiger partial charge in [0.25, 0.3) is 0 Å². The van der Waals surface area contributed by atoms with Crippen molar-refractivity contribution in [1.29, 1.82) is 0 Å². The Labute approximate surface area is 185 Å². The van der Waals surface area contributed by atoms with Crippen molar-refractivity contribution in [2.24, 2.45) is 0 Å². The molecular weight excluding hydrogens is 439 g/mol. The van der Waals surface area contributed by atoms with Crippen LogP contribution in [0.1, 0.15) is 25.0 Å². The number of aliphatic hydroxyl groups excluding tert-OH is 3. The predicted molar refractivity (Wildman–Crippen MR) is 116 cm³/mol. The van der Waals surface area contributed by atoms with Gasteiger partial charge in [0.2, 0.25) is 0 Å². The molecule has 2 aromatic carbocycles. The summed E-state index contributed by atoms with van der Waals surface area (Å²) in [6, 6.07) is 11.1. The van der Waals surface area contributed by atoms with Crippen LogP contribution in [0.25, 0.3) is 0 Å². The number of hydrogen-bond acceptors (Lipinski definition) is 5. The molecule has 8 heteroatoms. The van der Waals surface area contributed by atoms with Gasteiger partial charge >= 0.3 is 0 Å². The van der Waals surface area contributed by atoms with Gasteiger partial charge in [-0.25, -0.2) is 0 Å². The molecule has 2 rings (SSSR count). The molecule has 0 aromatic heterocycles. The molecule has 0 aliphatic heterocycles. The number of alkyl halides is 1. The molecule has 160 valence electrons. The topological polar surface area (TPSA) is 79.2 Å². The summed E-state index contributed by atoms with van der Waals surface area (Å²) < 4.78 is 11.0. The zero-order chi connectivity index (χ0) is 21.6. The molecule has 0 heterocycles. The molecule has 5 nitrogen and oxygen atoms in total. The minimum absolute atomic E-state index is 0.113. The summed E-state index contributed by atoms with van der Waals surface area (Å²) in [5.74, 6) is 1.02. The fourth-order valence-electron chi connectivity index (χ4n) is 2.66. The highest BCUT2D eigenvalue weighted by Crippen LogP contribution is 2.40. The minimum atomic E-state index is -1.01. The third kappa shape index (κ3) is 6.38. The molecule has 2 aromatic rings. The van der Waals surface area contributed by atoms with E-state index in [-0.39, 0.29) is 24.8 Å². The quantitative estimate of drug-likeness (QED) is 0.464. The average molecular weight is 464 g/mol. The Morgan fingerprint density at radius 1 is 0.897 bits per heavy atom. The third-order valence-electron chi connectivity index (χ3n) is 4.55. The molecule has 29 heavy (non-hydrogen) atoms. The Balaban J connectivity index is 2.19. The number of ether oxygens (including phenoxy) is 2. The second-order valence-electron chi connectivity index (χ2n) is 7.18. The van der Waals surface area contributed by atoms with Crippen molar-refractivity contribution < 1.29 is 24.8 Å². The van der Waals surface area contributed by atoms with Crippen molar-refractivity contribution in [1.82, 2.24) is 0 Å². The summed E-state index contributed by atoms with van der Waals surface area (Å²) in [7, 11) is 0. The molecule has 0 saturated carbocycles. The van der Waals surface area contributed by atoms with Crippen LogP contribution in [0.4, 0.5) is 0 Å². The largest absolute Gasteiger partial charge is 0.491 e. The van der Waals surface area contributed by atoms with Crippen LogP contribution >= 0.6 is 34.8 Å². The summed E-state index contributed by atoms with van der Waals surface area (Å²) in [4.78, 5) is 0. The summed E-state index contributed by atoms with van der Waals surface area (Å²) in [5.41, 5.74) is 1.48. The van der Waals surface area contributed by atoms with Crippen molar-refractivity contribution in [3.05, 3.63) is 57.6 Å². The van der Waals surface area contributed by atoms with Crippen LogP contribution in [0, 0.1) is 0 Å². The number of rotatable bonds is 10.